The summed E-state index contributed by atoms with van der Waals surface area (Å²) in [4.78, 5) is 41.2. The molecule has 2 atom stereocenters. The second-order valence-electron chi connectivity index (χ2n) is 9.12. The average molecular weight is 503 g/mol. The van der Waals surface area contributed by atoms with Crippen molar-refractivity contribution in [3.63, 3.8) is 0 Å². The van der Waals surface area contributed by atoms with E-state index in [0.717, 1.165) is 6.07 Å². The molecule has 0 unspecified atom stereocenters. The van der Waals surface area contributed by atoms with Crippen LogP contribution in [-0.4, -0.2) is 41.3 Å². The highest BCUT2D eigenvalue weighted by Gasteiger charge is 2.45. The Labute approximate surface area is 203 Å². The van der Waals surface area contributed by atoms with Crippen LogP contribution in [0.25, 0.3) is 22.0 Å². The van der Waals surface area contributed by atoms with Gasteiger partial charge in [0.25, 0.3) is 5.56 Å². The number of hydrogen-bond donors (Lipinski definition) is 2. The Bertz CT molecular complexity index is 1400. The summed E-state index contributed by atoms with van der Waals surface area (Å²) in [5, 5.41) is 0.574. The highest BCUT2D eigenvalue weighted by atomic mass is 19.4. The van der Waals surface area contributed by atoms with Gasteiger partial charge < -0.3 is 20.2 Å². The molecule has 11 heteroatoms. The number of nitrogens with one attached hydrogen (secondary N) is 1. The van der Waals surface area contributed by atoms with Gasteiger partial charge >= 0.3 is 18.2 Å². The van der Waals surface area contributed by atoms with E-state index in [-0.39, 0.29) is 23.2 Å². The molecule has 3 aromatic rings. The molecule has 0 aliphatic carbocycles. The monoisotopic (exact) mass is 503 g/mol. The third-order valence-electron chi connectivity index (χ3n) is 5.99. The van der Waals surface area contributed by atoms with Crippen molar-refractivity contribution in [3.8, 4) is 11.3 Å². The molecule has 2 aromatic carbocycles. The van der Waals surface area contributed by atoms with E-state index in [1.165, 1.54) is 42.2 Å². The third-order valence-corrected chi connectivity index (χ3v) is 5.99. The fourth-order valence-electron chi connectivity index (χ4n) is 3.98. The number of cyclic esters (lactones) is 1. The lowest BCUT2D eigenvalue weighted by atomic mass is 10.0. The maximum atomic E-state index is 13.5. The number of H-pyrrole nitrogens is 1. The molecule has 36 heavy (non-hydrogen) atoms. The molecule has 3 N–H and O–H groups in total. The number of carbonyl (C=O) groups excluding carboxylic acids is 2. The van der Waals surface area contributed by atoms with E-state index in [2.05, 4.69) is 4.98 Å². The molecular formula is C25H24F3N3O5. The molecule has 1 aromatic heterocycles. The average Bonchev–Trinajstić information content (AvgIpc) is 3.20. The lowest BCUT2D eigenvalue weighted by molar-refractivity contribution is -0.166. The second kappa shape index (κ2) is 8.98. The van der Waals surface area contributed by atoms with Crippen molar-refractivity contribution < 1.29 is 32.2 Å². The normalized spacial score (nSPS) is 17.2. The molecule has 2 heterocycles. The summed E-state index contributed by atoms with van der Waals surface area (Å²) in [5.41, 5.74) is 3.12. The van der Waals surface area contributed by atoms with Crippen molar-refractivity contribution in [2.24, 2.45) is 5.73 Å². The molecule has 1 aliphatic rings. The number of pyridine rings is 1. The van der Waals surface area contributed by atoms with Crippen LogP contribution < -0.4 is 16.2 Å². The number of esters is 1. The highest BCUT2D eigenvalue weighted by Crippen LogP contribution is 2.37. The van der Waals surface area contributed by atoms with Crippen LogP contribution in [0.5, 0.6) is 0 Å². The van der Waals surface area contributed by atoms with E-state index in [1.807, 2.05) is 0 Å². The fraction of sp³-hybridized carbons (Fsp3) is 0.320. The van der Waals surface area contributed by atoms with Crippen LogP contribution >= 0.6 is 0 Å². The predicted molar refractivity (Wildman–Crippen MR) is 126 cm³/mol. The molecule has 0 radical (unpaired) electrons. The Morgan fingerprint density at radius 3 is 2.53 bits per heavy atom. The first-order valence-corrected chi connectivity index (χ1v) is 11.1. The maximum absolute atomic E-state index is 13.5. The van der Waals surface area contributed by atoms with Gasteiger partial charge in [-0.15, -0.1) is 0 Å². The van der Waals surface area contributed by atoms with E-state index in [9.17, 15) is 27.6 Å². The van der Waals surface area contributed by atoms with Crippen LogP contribution in [0.3, 0.4) is 0 Å². The minimum absolute atomic E-state index is 0.0199. The topological polar surface area (TPSA) is 115 Å². The number of carbonyl (C=O) groups is 2. The third kappa shape index (κ3) is 4.78. The van der Waals surface area contributed by atoms with Gasteiger partial charge in [-0.05, 0) is 50.4 Å². The lowest BCUT2D eigenvalue weighted by Gasteiger charge is -2.30. The summed E-state index contributed by atoms with van der Waals surface area (Å²) < 4.78 is 51.2. The second-order valence-corrected chi connectivity index (χ2v) is 9.12. The molecule has 0 spiro atoms. The van der Waals surface area contributed by atoms with Gasteiger partial charge in [0.05, 0.1) is 12.1 Å². The Hall–Kier alpha value is -3.86. The largest absolute Gasteiger partial charge is 0.454 e. The van der Waals surface area contributed by atoms with E-state index in [0.29, 0.717) is 11.1 Å². The van der Waals surface area contributed by atoms with Gasteiger partial charge in [-0.25, -0.2) is 4.79 Å². The van der Waals surface area contributed by atoms with Crippen molar-refractivity contribution in [2.75, 3.05) is 11.4 Å². The number of aromatic amines is 1. The first kappa shape index (κ1) is 25.2. The van der Waals surface area contributed by atoms with E-state index < -0.39 is 47.1 Å². The van der Waals surface area contributed by atoms with Gasteiger partial charge in [0.1, 0.15) is 11.6 Å². The number of benzene rings is 2. The molecule has 1 amide bonds. The van der Waals surface area contributed by atoms with Gasteiger partial charge in [0.2, 0.25) is 0 Å². The van der Waals surface area contributed by atoms with Crippen molar-refractivity contribution in [1.29, 1.82) is 0 Å². The molecule has 0 saturated carbocycles. The summed E-state index contributed by atoms with van der Waals surface area (Å²) in [7, 11) is 0. The van der Waals surface area contributed by atoms with Gasteiger partial charge in [0, 0.05) is 22.3 Å². The number of aromatic nitrogens is 1. The molecule has 1 fully saturated rings. The number of amides is 1. The Kier molecular flexibility index (Phi) is 6.29. The number of halogens is 3. The first-order valence-electron chi connectivity index (χ1n) is 11.1. The quantitative estimate of drug-likeness (QED) is 0.504. The number of anilines is 1. The number of ether oxygens (including phenoxy) is 2. The Morgan fingerprint density at radius 2 is 1.86 bits per heavy atom. The highest BCUT2D eigenvalue weighted by molar-refractivity contribution is 5.95. The maximum Gasteiger partial charge on any atom is 0.417 e. The number of fused-ring (bicyclic) bond motifs is 1. The zero-order valence-electron chi connectivity index (χ0n) is 19.7. The molecule has 1 aliphatic heterocycles. The van der Waals surface area contributed by atoms with Crippen molar-refractivity contribution in [1.82, 2.24) is 4.98 Å². The SMILES string of the molecule is C[C@H](N)C(=O)OC(C)(C)[C@@H]1CN(c2ccc3cc(-c4ccccc4C(F)(F)F)[nH]c(=O)c3c2)C(=O)O1. The molecular weight excluding hydrogens is 479 g/mol. The number of hydrogen-bond acceptors (Lipinski definition) is 6. The van der Waals surface area contributed by atoms with Gasteiger partial charge in [-0.3, -0.25) is 14.5 Å². The fourth-order valence-corrected chi connectivity index (χ4v) is 3.98. The van der Waals surface area contributed by atoms with Gasteiger partial charge in [0.15, 0.2) is 6.10 Å². The molecule has 190 valence electrons. The number of alkyl halides is 3. The Balaban J connectivity index is 1.65. The standard InChI is InChI=1S/C25H24F3N3O5/c1-13(29)22(33)36-24(2,3)20-12-31(23(34)35-20)15-9-8-14-10-19(30-21(32)17(14)11-15)16-6-4-5-7-18(16)25(26,27)28/h4-11,13,20H,12,29H2,1-3H3,(H,30,32)/t13-,20-/m0/s1. The van der Waals surface area contributed by atoms with Crippen molar-refractivity contribution >= 4 is 28.5 Å². The molecule has 8 nitrogen and oxygen atoms in total. The van der Waals surface area contributed by atoms with Crippen molar-refractivity contribution in [2.45, 2.75) is 44.7 Å². The molecule has 4 rings (SSSR count). The Morgan fingerprint density at radius 1 is 1.17 bits per heavy atom. The van der Waals surface area contributed by atoms with Crippen LogP contribution in [0, 0.1) is 0 Å². The lowest BCUT2D eigenvalue weighted by Crippen LogP contribution is -2.46. The molecule has 0 bridgehead atoms. The summed E-state index contributed by atoms with van der Waals surface area (Å²) in [6.45, 7) is 4.71. The predicted octanol–water partition coefficient (Wildman–Crippen LogP) is 4.21. The first-order chi connectivity index (χ1) is 16.8. The zero-order chi connectivity index (χ0) is 26.4. The van der Waals surface area contributed by atoms with Crippen LogP contribution in [0.1, 0.15) is 26.3 Å². The van der Waals surface area contributed by atoms with E-state index in [1.54, 1.807) is 26.0 Å². The van der Waals surface area contributed by atoms with Crippen LogP contribution in [0.4, 0.5) is 23.7 Å². The summed E-state index contributed by atoms with van der Waals surface area (Å²) >= 11 is 0. The number of nitrogens with zero attached hydrogens (tertiary/aromatic N) is 1. The van der Waals surface area contributed by atoms with Crippen LogP contribution in [0.2, 0.25) is 0 Å². The van der Waals surface area contributed by atoms with E-state index in [4.69, 9.17) is 15.2 Å². The van der Waals surface area contributed by atoms with Crippen LogP contribution in [0.15, 0.2) is 53.3 Å². The minimum Gasteiger partial charge on any atom is -0.454 e. The van der Waals surface area contributed by atoms with E-state index >= 15 is 0 Å². The zero-order valence-corrected chi connectivity index (χ0v) is 19.7. The summed E-state index contributed by atoms with van der Waals surface area (Å²) in [5.74, 6) is -0.644. The number of rotatable bonds is 5. The smallest absolute Gasteiger partial charge is 0.417 e. The van der Waals surface area contributed by atoms with Gasteiger partial charge in [-0.2, -0.15) is 13.2 Å². The minimum atomic E-state index is -4.59. The molecule has 1 saturated heterocycles. The summed E-state index contributed by atoms with van der Waals surface area (Å²) in [6.07, 6.45) is -6.09. The van der Waals surface area contributed by atoms with Gasteiger partial charge in [-0.1, -0.05) is 24.3 Å². The number of nitrogens with two attached hydrogens (primary N) is 1. The van der Waals surface area contributed by atoms with Crippen molar-refractivity contribution in [3.05, 3.63) is 64.4 Å². The van der Waals surface area contributed by atoms with Crippen LogP contribution in [-0.2, 0) is 20.4 Å². The summed E-state index contributed by atoms with van der Waals surface area (Å²) in [6, 6.07) is 10.1.